The molecule has 0 spiro atoms. The topological polar surface area (TPSA) is 18.5 Å². The Hall–Kier alpha value is 0.571. The molecule has 0 radical (unpaired) electrons. The monoisotopic (exact) mass is 304 g/mol. The Morgan fingerprint density at radius 1 is 1.00 bits per heavy atom. The lowest BCUT2D eigenvalue weighted by molar-refractivity contribution is 0.324. The summed E-state index contributed by atoms with van der Waals surface area (Å²) in [7, 11) is -3.77. The number of rotatable bonds is 6. The smallest absolute Gasteiger partial charge is 0.310 e. The number of hydrogen-bond acceptors (Lipinski definition) is 2. The molecular formula is C13H32O2Si3. The summed E-state index contributed by atoms with van der Waals surface area (Å²) in [4.78, 5) is 0. The summed E-state index contributed by atoms with van der Waals surface area (Å²) in [6.45, 7) is 13.6. The highest BCUT2D eigenvalue weighted by Gasteiger charge is 2.37. The lowest BCUT2D eigenvalue weighted by Gasteiger charge is -2.39. The first-order chi connectivity index (χ1) is 8.18. The molecule has 0 aromatic carbocycles. The van der Waals surface area contributed by atoms with Crippen molar-refractivity contribution in [2.24, 2.45) is 0 Å². The molecule has 0 saturated heterocycles. The standard InChI is InChI=1S/C13H32O2Si3/c1-7-13(11-9-8-10-12-13)16-14-18(5,6)15-17(2,3)4/h7-12,16H2,1-6H3. The van der Waals surface area contributed by atoms with Gasteiger partial charge in [-0.25, -0.2) is 0 Å². The van der Waals surface area contributed by atoms with Crippen molar-refractivity contribution in [2.45, 2.75) is 83.2 Å². The van der Waals surface area contributed by atoms with E-state index in [9.17, 15) is 0 Å². The van der Waals surface area contributed by atoms with Crippen LogP contribution in [0.1, 0.15) is 45.4 Å². The molecule has 0 aromatic heterocycles. The van der Waals surface area contributed by atoms with Crippen molar-refractivity contribution < 1.29 is 8.23 Å². The lowest BCUT2D eigenvalue weighted by atomic mass is 9.86. The Labute approximate surface area is 118 Å². The second-order valence-corrected chi connectivity index (χ2v) is 18.1. The van der Waals surface area contributed by atoms with Crippen LogP contribution in [0, 0.1) is 0 Å². The third-order valence-electron chi connectivity index (χ3n) is 3.94. The minimum absolute atomic E-state index is 0.456. The van der Waals surface area contributed by atoms with Crippen molar-refractivity contribution in [3.05, 3.63) is 0 Å². The van der Waals surface area contributed by atoms with Crippen LogP contribution >= 0.6 is 0 Å². The van der Waals surface area contributed by atoms with Gasteiger partial charge in [0.1, 0.15) is 0 Å². The van der Waals surface area contributed by atoms with Gasteiger partial charge in [-0.2, -0.15) is 0 Å². The van der Waals surface area contributed by atoms with E-state index < -0.39 is 26.6 Å². The van der Waals surface area contributed by atoms with E-state index in [0.717, 1.165) is 0 Å². The van der Waals surface area contributed by atoms with E-state index in [0.29, 0.717) is 5.04 Å². The molecule has 1 fully saturated rings. The van der Waals surface area contributed by atoms with Gasteiger partial charge in [0.25, 0.3) is 0 Å². The summed E-state index contributed by atoms with van der Waals surface area (Å²) in [5.74, 6) is 0. The average molecular weight is 305 g/mol. The molecule has 5 heteroatoms. The zero-order valence-electron chi connectivity index (χ0n) is 13.3. The van der Waals surface area contributed by atoms with E-state index in [1.807, 2.05) is 0 Å². The second kappa shape index (κ2) is 6.35. The van der Waals surface area contributed by atoms with Crippen molar-refractivity contribution in [3.63, 3.8) is 0 Å². The molecule has 0 amide bonds. The largest absolute Gasteiger partial charge is 0.442 e. The highest BCUT2D eigenvalue weighted by Crippen LogP contribution is 2.45. The zero-order valence-corrected chi connectivity index (χ0v) is 16.7. The van der Waals surface area contributed by atoms with E-state index in [2.05, 4.69) is 39.7 Å². The third-order valence-corrected chi connectivity index (χ3v) is 13.5. The van der Waals surface area contributed by atoms with E-state index in [4.69, 9.17) is 8.23 Å². The maximum absolute atomic E-state index is 6.43. The highest BCUT2D eigenvalue weighted by atomic mass is 28.5. The van der Waals surface area contributed by atoms with Gasteiger partial charge in [0, 0.05) is 0 Å². The molecule has 1 aliphatic carbocycles. The van der Waals surface area contributed by atoms with Crippen molar-refractivity contribution >= 4 is 26.6 Å². The summed E-state index contributed by atoms with van der Waals surface area (Å²) in [6.07, 6.45) is 8.40. The van der Waals surface area contributed by atoms with Crippen molar-refractivity contribution in [3.8, 4) is 0 Å². The van der Waals surface area contributed by atoms with Crippen LogP contribution < -0.4 is 0 Å². The van der Waals surface area contributed by atoms with Crippen LogP contribution in [-0.4, -0.2) is 26.6 Å². The molecule has 18 heavy (non-hydrogen) atoms. The fourth-order valence-electron chi connectivity index (χ4n) is 3.00. The van der Waals surface area contributed by atoms with Crippen molar-refractivity contribution in [1.82, 2.24) is 0 Å². The minimum atomic E-state index is -1.86. The van der Waals surface area contributed by atoms with E-state index in [1.165, 1.54) is 38.5 Å². The van der Waals surface area contributed by atoms with Gasteiger partial charge in [-0.1, -0.05) is 32.6 Å². The third kappa shape index (κ3) is 5.69. The van der Waals surface area contributed by atoms with Gasteiger partial charge in [-0.3, -0.25) is 0 Å². The molecule has 0 unspecified atom stereocenters. The SMILES string of the molecule is CCC1([SiH2]O[Si](C)(C)O[Si](C)(C)C)CCCCC1. The second-order valence-electron chi connectivity index (χ2n) is 7.32. The molecular weight excluding hydrogens is 272 g/mol. The summed E-state index contributed by atoms with van der Waals surface area (Å²) >= 11 is 0. The van der Waals surface area contributed by atoms with Gasteiger partial charge < -0.3 is 8.23 Å². The predicted octanol–water partition coefficient (Wildman–Crippen LogP) is 4.17. The van der Waals surface area contributed by atoms with Crippen LogP contribution in [0.3, 0.4) is 0 Å². The number of hydrogen-bond donors (Lipinski definition) is 0. The van der Waals surface area contributed by atoms with Crippen LogP contribution in [0.4, 0.5) is 0 Å². The molecule has 2 nitrogen and oxygen atoms in total. The maximum Gasteiger partial charge on any atom is 0.310 e. The van der Waals surface area contributed by atoms with Crippen molar-refractivity contribution in [2.75, 3.05) is 0 Å². The lowest BCUT2D eigenvalue weighted by Crippen LogP contribution is -2.47. The Bertz CT molecular complexity index is 255. The molecule has 0 aromatic rings. The highest BCUT2D eigenvalue weighted by molar-refractivity contribution is 6.83. The van der Waals surface area contributed by atoms with Gasteiger partial charge in [0.05, 0.1) is 0 Å². The fraction of sp³-hybridized carbons (Fsp3) is 1.00. The zero-order chi connectivity index (χ0) is 13.9. The first-order valence-electron chi connectivity index (χ1n) is 7.52. The summed E-state index contributed by atoms with van der Waals surface area (Å²) in [6, 6.07) is 0. The predicted molar refractivity (Wildman–Crippen MR) is 87.6 cm³/mol. The van der Waals surface area contributed by atoms with Crippen LogP contribution in [-0.2, 0) is 8.23 Å². The normalized spacial score (nSPS) is 21.7. The van der Waals surface area contributed by atoms with Gasteiger partial charge >= 0.3 is 8.56 Å². The first kappa shape index (κ1) is 16.6. The molecule has 1 rings (SSSR count). The van der Waals surface area contributed by atoms with Crippen LogP contribution in [0.15, 0.2) is 0 Å². The maximum atomic E-state index is 6.43. The molecule has 0 atom stereocenters. The van der Waals surface area contributed by atoms with Gasteiger partial charge in [-0.05, 0) is 50.6 Å². The molecule has 0 aliphatic heterocycles. The minimum Gasteiger partial charge on any atom is -0.442 e. The summed E-state index contributed by atoms with van der Waals surface area (Å²) in [5.41, 5.74) is 0. The Balaban J connectivity index is 2.51. The molecule has 0 N–H and O–H groups in total. The average Bonchev–Trinajstić information content (AvgIpc) is 2.25. The van der Waals surface area contributed by atoms with Crippen LogP contribution in [0.5, 0.6) is 0 Å². The fourth-order valence-corrected chi connectivity index (χ4v) is 13.3. The van der Waals surface area contributed by atoms with E-state index in [1.54, 1.807) is 0 Å². The van der Waals surface area contributed by atoms with Crippen LogP contribution in [0.25, 0.3) is 0 Å². The van der Waals surface area contributed by atoms with E-state index >= 15 is 0 Å². The Kier molecular flexibility index (Phi) is 5.86. The van der Waals surface area contributed by atoms with Gasteiger partial charge in [0.15, 0.2) is 18.1 Å². The molecule has 0 bridgehead atoms. The van der Waals surface area contributed by atoms with E-state index in [-0.39, 0.29) is 0 Å². The Morgan fingerprint density at radius 3 is 2.00 bits per heavy atom. The molecule has 0 heterocycles. The van der Waals surface area contributed by atoms with Crippen LogP contribution in [0.2, 0.25) is 37.8 Å². The molecule has 1 saturated carbocycles. The Morgan fingerprint density at radius 2 is 1.56 bits per heavy atom. The molecule has 108 valence electrons. The summed E-state index contributed by atoms with van der Waals surface area (Å²) < 4.78 is 12.7. The quantitative estimate of drug-likeness (QED) is 0.686. The molecule has 1 aliphatic rings. The van der Waals surface area contributed by atoms with Gasteiger partial charge in [0.2, 0.25) is 0 Å². The summed E-state index contributed by atoms with van der Waals surface area (Å²) in [5, 5.41) is 0.589. The first-order valence-corrected chi connectivity index (χ1v) is 15.0. The van der Waals surface area contributed by atoms with Gasteiger partial charge in [-0.15, -0.1) is 0 Å². The van der Waals surface area contributed by atoms with Crippen molar-refractivity contribution in [1.29, 1.82) is 0 Å².